The van der Waals surface area contributed by atoms with Crippen molar-refractivity contribution in [3.63, 3.8) is 0 Å². The zero-order valence-electron chi connectivity index (χ0n) is 9.92. The summed E-state index contributed by atoms with van der Waals surface area (Å²) in [6.45, 7) is 6.29. The Hall–Kier alpha value is -0.0800. The molecule has 2 nitrogen and oxygen atoms in total. The molecule has 2 heteroatoms. The van der Waals surface area contributed by atoms with E-state index in [0.29, 0.717) is 6.42 Å². The molecular formula is C12H26O2. The first-order valence-corrected chi connectivity index (χ1v) is 5.91. The monoisotopic (exact) mass is 202 g/mol. The highest BCUT2D eigenvalue weighted by Gasteiger charge is 2.22. The van der Waals surface area contributed by atoms with E-state index in [4.69, 9.17) is 5.11 Å². The Bertz CT molecular complexity index is 130. The van der Waals surface area contributed by atoms with Crippen LogP contribution in [-0.2, 0) is 0 Å². The van der Waals surface area contributed by atoms with Gasteiger partial charge in [-0.05, 0) is 18.8 Å². The first-order chi connectivity index (χ1) is 6.58. The number of aliphatic hydroxyl groups excluding tert-OH is 1. The number of hydrogen-bond donors (Lipinski definition) is 2. The lowest BCUT2D eigenvalue weighted by Gasteiger charge is -2.24. The SMILES string of the molecule is CCC(C)CCCCC(O)(CC)CO. The van der Waals surface area contributed by atoms with Gasteiger partial charge < -0.3 is 10.2 Å². The van der Waals surface area contributed by atoms with Crippen LogP contribution in [0.5, 0.6) is 0 Å². The van der Waals surface area contributed by atoms with Gasteiger partial charge in [0.1, 0.15) is 0 Å². The summed E-state index contributed by atoms with van der Waals surface area (Å²) in [7, 11) is 0. The molecule has 0 aliphatic heterocycles. The number of rotatable bonds is 8. The third-order valence-corrected chi connectivity index (χ3v) is 3.24. The molecule has 0 fully saturated rings. The van der Waals surface area contributed by atoms with Gasteiger partial charge in [0.25, 0.3) is 0 Å². The van der Waals surface area contributed by atoms with Gasteiger partial charge in [0.2, 0.25) is 0 Å². The van der Waals surface area contributed by atoms with Crippen LogP contribution < -0.4 is 0 Å². The summed E-state index contributed by atoms with van der Waals surface area (Å²) in [6.07, 6.45) is 6.04. The van der Waals surface area contributed by atoms with E-state index in [9.17, 15) is 5.11 Å². The zero-order chi connectivity index (χ0) is 11.0. The van der Waals surface area contributed by atoms with E-state index in [1.165, 1.54) is 12.8 Å². The standard InChI is InChI=1S/C12H26O2/c1-4-11(3)8-6-7-9-12(14,5-2)10-13/h11,13-14H,4-10H2,1-3H3. The van der Waals surface area contributed by atoms with Crippen LogP contribution in [-0.4, -0.2) is 22.4 Å². The minimum absolute atomic E-state index is 0.104. The molecule has 0 aromatic rings. The maximum Gasteiger partial charge on any atom is 0.0874 e. The summed E-state index contributed by atoms with van der Waals surface area (Å²) >= 11 is 0. The number of unbranched alkanes of at least 4 members (excludes halogenated alkanes) is 1. The van der Waals surface area contributed by atoms with Crippen molar-refractivity contribution >= 4 is 0 Å². The Labute approximate surface area is 88.3 Å². The molecule has 0 rings (SSSR count). The van der Waals surface area contributed by atoms with Gasteiger partial charge in [-0.1, -0.05) is 46.5 Å². The first kappa shape index (κ1) is 13.9. The summed E-state index contributed by atoms with van der Waals surface area (Å²) < 4.78 is 0. The summed E-state index contributed by atoms with van der Waals surface area (Å²) in [5.74, 6) is 0.791. The number of aliphatic hydroxyl groups is 2. The second kappa shape index (κ2) is 7.24. The predicted octanol–water partition coefficient (Wildman–Crippen LogP) is 2.73. The van der Waals surface area contributed by atoms with Crippen molar-refractivity contribution in [1.29, 1.82) is 0 Å². The highest BCUT2D eigenvalue weighted by atomic mass is 16.3. The van der Waals surface area contributed by atoms with Crippen LogP contribution in [0.2, 0.25) is 0 Å². The molecule has 14 heavy (non-hydrogen) atoms. The van der Waals surface area contributed by atoms with E-state index in [0.717, 1.165) is 25.2 Å². The highest BCUT2D eigenvalue weighted by Crippen LogP contribution is 2.20. The molecule has 2 unspecified atom stereocenters. The van der Waals surface area contributed by atoms with Gasteiger partial charge >= 0.3 is 0 Å². The van der Waals surface area contributed by atoms with Crippen molar-refractivity contribution in [3.8, 4) is 0 Å². The van der Waals surface area contributed by atoms with Gasteiger partial charge in [0.15, 0.2) is 0 Å². The van der Waals surface area contributed by atoms with Crippen molar-refractivity contribution < 1.29 is 10.2 Å². The van der Waals surface area contributed by atoms with Gasteiger partial charge in [0.05, 0.1) is 12.2 Å². The minimum atomic E-state index is -0.824. The van der Waals surface area contributed by atoms with E-state index in [1.807, 2.05) is 6.92 Å². The van der Waals surface area contributed by atoms with Gasteiger partial charge in [0, 0.05) is 0 Å². The van der Waals surface area contributed by atoms with Crippen LogP contribution in [0.15, 0.2) is 0 Å². The Morgan fingerprint density at radius 1 is 1.21 bits per heavy atom. The van der Waals surface area contributed by atoms with E-state index >= 15 is 0 Å². The smallest absolute Gasteiger partial charge is 0.0874 e. The highest BCUT2D eigenvalue weighted by molar-refractivity contribution is 4.75. The van der Waals surface area contributed by atoms with Crippen LogP contribution in [0.1, 0.15) is 59.3 Å². The molecule has 0 aliphatic rings. The van der Waals surface area contributed by atoms with E-state index < -0.39 is 5.60 Å². The molecule has 0 aliphatic carbocycles. The second-order valence-corrected chi connectivity index (χ2v) is 4.50. The van der Waals surface area contributed by atoms with E-state index in [-0.39, 0.29) is 6.61 Å². The largest absolute Gasteiger partial charge is 0.393 e. The van der Waals surface area contributed by atoms with Crippen LogP contribution in [0, 0.1) is 5.92 Å². The predicted molar refractivity (Wildman–Crippen MR) is 60.2 cm³/mol. The van der Waals surface area contributed by atoms with Crippen molar-refractivity contribution in [1.82, 2.24) is 0 Å². The molecule has 0 aromatic heterocycles. The first-order valence-electron chi connectivity index (χ1n) is 5.91. The van der Waals surface area contributed by atoms with Gasteiger partial charge in [-0.3, -0.25) is 0 Å². The molecule has 0 saturated heterocycles. The van der Waals surface area contributed by atoms with Crippen LogP contribution in [0.25, 0.3) is 0 Å². The molecule has 0 saturated carbocycles. The van der Waals surface area contributed by atoms with Crippen LogP contribution >= 0.6 is 0 Å². The van der Waals surface area contributed by atoms with Gasteiger partial charge in [-0.2, -0.15) is 0 Å². The molecule has 2 N–H and O–H groups in total. The molecule has 0 aromatic carbocycles. The Kier molecular flexibility index (Phi) is 7.20. The maximum atomic E-state index is 9.80. The fraction of sp³-hybridized carbons (Fsp3) is 1.00. The molecule has 0 spiro atoms. The average Bonchev–Trinajstić information content (AvgIpc) is 2.23. The van der Waals surface area contributed by atoms with Gasteiger partial charge in [-0.25, -0.2) is 0 Å². The van der Waals surface area contributed by atoms with Gasteiger partial charge in [-0.15, -0.1) is 0 Å². The lowest BCUT2D eigenvalue weighted by Crippen LogP contribution is -2.32. The topological polar surface area (TPSA) is 40.5 Å². The van der Waals surface area contributed by atoms with E-state index in [1.54, 1.807) is 0 Å². The lowest BCUT2D eigenvalue weighted by atomic mass is 9.92. The molecule has 0 bridgehead atoms. The van der Waals surface area contributed by atoms with Crippen molar-refractivity contribution in [3.05, 3.63) is 0 Å². The van der Waals surface area contributed by atoms with Crippen molar-refractivity contribution in [2.75, 3.05) is 6.61 Å². The molecule has 86 valence electrons. The van der Waals surface area contributed by atoms with Crippen LogP contribution in [0.3, 0.4) is 0 Å². The Morgan fingerprint density at radius 2 is 1.86 bits per heavy atom. The summed E-state index contributed by atoms with van der Waals surface area (Å²) in [5.41, 5.74) is -0.824. The molecule has 0 heterocycles. The molecule has 2 atom stereocenters. The molecular weight excluding hydrogens is 176 g/mol. The fourth-order valence-electron chi connectivity index (χ4n) is 1.52. The minimum Gasteiger partial charge on any atom is -0.393 e. The third kappa shape index (κ3) is 5.61. The quantitative estimate of drug-likeness (QED) is 0.594. The number of hydrogen-bond acceptors (Lipinski definition) is 2. The summed E-state index contributed by atoms with van der Waals surface area (Å²) in [6, 6.07) is 0. The normalized spacial score (nSPS) is 17.8. The Morgan fingerprint density at radius 3 is 2.29 bits per heavy atom. The third-order valence-electron chi connectivity index (χ3n) is 3.24. The van der Waals surface area contributed by atoms with Crippen molar-refractivity contribution in [2.24, 2.45) is 5.92 Å². The van der Waals surface area contributed by atoms with E-state index in [2.05, 4.69) is 13.8 Å². The molecule has 0 amide bonds. The fourth-order valence-corrected chi connectivity index (χ4v) is 1.52. The summed E-state index contributed by atoms with van der Waals surface area (Å²) in [4.78, 5) is 0. The molecule has 0 radical (unpaired) electrons. The maximum absolute atomic E-state index is 9.80. The summed E-state index contributed by atoms with van der Waals surface area (Å²) in [5, 5.41) is 18.8. The lowest BCUT2D eigenvalue weighted by molar-refractivity contribution is -0.0260. The average molecular weight is 202 g/mol. The van der Waals surface area contributed by atoms with Crippen molar-refractivity contribution in [2.45, 2.75) is 64.9 Å². The Balaban J connectivity index is 3.52. The zero-order valence-corrected chi connectivity index (χ0v) is 9.92. The second-order valence-electron chi connectivity index (χ2n) is 4.50. The van der Waals surface area contributed by atoms with Crippen LogP contribution in [0.4, 0.5) is 0 Å².